The van der Waals surface area contributed by atoms with E-state index in [0.29, 0.717) is 12.0 Å². The Kier molecular flexibility index (Phi) is 1.54. The van der Waals surface area contributed by atoms with Crippen molar-refractivity contribution in [1.29, 1.82) is 0 Å². The van der Waals surface area contributed by atoms with Gasteiger partial charge in [0.1, 0.15) is 0 Å². The Morgan fingerprint density at radius 3 is 2.93 bits per heavy atom. The molecule has 2 unspecified atom stereocenters. The van der Waals surface area contributed by atoms with Gasteiger partial charge >= 0.3 is 0 Å². The second-order valence-corrected chi connectivity index (χ2v) is 3.97. The number of para-hydroxylation sites is 1. The van der Waals surface area contributed by atoms with Crippen LogP contribution in [0.5, 0.6) is 0 Å². The molecule has 1 heteroatoms. The summed E-state index contributed by atoms with van der Waals surface area (Å²) in [7, 11) is 0. The maximum absolute atomic E-state index is 2.36. The second-order valence-electron chi connectivity index (χ2n) is 3.97. The van der Waals surface area contributed by atoms with Gasteiger partial charge in [-0.1, -0.05) is 37.3 Å². The number of anilines is 1. The Balaban J connectivity index is 2.17. The van der Waals surface area contributed by atoms with Gasteiger partial charge in [0, 0.05) is 17.8 Å². The highest BCUT2D eigenvalue weighted by atomic mass is 15.2. The van der Waals surface area contributed by atoms with Crippen LogP contribution in [0.4, 0.5) is 5.69 Å². The number of nitrogens with zero attached hydrogens (tertiary/aromatic N) is 1. The van der Waals surface area contributed by atoms with E-state index < -0.39 is 0 Å². The summed E-state index contributed by atoms with van der Waals surface area (Å²) < 4.78 is 0. The molecule has 0 N–H and O–H groups in total. The quantitative estimate of drug-likeness (QED) is 0.597. The maximum atomic E-state index is 2.36. The Morgan fingerprint density at radius 2 is 2.00 bits per heavy atom. The van der Waals surface area contributed by atoms with Crippen LogP contribution in [0, 0.1) is 0 Å². The Labute approximate surface area is 84.4 Å². The molecule has 0 fully saturated rings. The van der Waals surface area contributed by atoms with Gasteiger partial charge in [-0.15, -0.1) is 0 Å². The van der Waals surface area contributed by atoms with Crippen LogP contribution >= 0.6 is 0 Å². The number of hydrogen-bond acceptors (Lipinski definition) is 1. The van der Waals surface area contributed by atoms with E-state index in [1.807, 2.05) is 0 Å². The summed E-state index contributed by atoms with van der Waals surface area (Å²) in [4.78, 5) is 2.36. The molecule has 1 aromatic carbocycles. The van der Waals surface area contributed by atoms with E-state index in [2.05, 4.69) is 60.5 Å². The van der Waals surface area contributed by atoms with Crippen molar-refractivity contribution in [2.24, 2.45) is 0 Å². The molecular weight excluding hydrogens is 170 g/mol. The number of allylic oxidation sites excluding steroid dienone is 2. The molecule has 0 saturated carbocycles. The predicted octanol–water partition coefficient (Wildman–Crippen LogP) is 3.06. The highest BCUT2D eigenvalue weighted by Crippen LogP contribution is 2.42. The summed E-state index contributed by atoms with van der Waals surface area (Å²) in [5, 5.41) is 0. The largest absolute Gasteiger partial charge is 0.340 e. The van der Waals surface area contributed by atoms with Crippen molar-refractivity contribution in [2.45, 2.75) is 18.9 Å². The zero-order valence-corrected chi connectivity index (χ0v) is 8.22. The van der Waals surface area contributed by atoms with Gasteiger partial charge in [0.2, 0.25) is 0 Å². The molecule has 2 aliphatic heterocycles. The van der Waals surface area contributed by atoms with Gasteiger partial charge < -0.3 is 4.90 Å². The van der Waals surface area contributed by atoms with E-state index in [1.54, 1.807) is 0 Å². The van der Waals surface area contributed by atoms with Crippen LogP contribution in [0.25, 0.3) is 0 Å². The van der Waals surface area contributed by atoms with E-state index >= 15 is 0 Å². The third-order valence-electron chi connectivity index (χ3n) is 3.21. The highest BCUT2D eigenvalue weighted by molar-refractivity contribution is 5.65. The molecule has 2 atom stereocenters. The first-order chi connectivity index (χ1) is 6.88. The van der Waals surface area contributed by atoms with Crippen molar-refractivity contribution in [3.63, 3.8) is 0 Å². The van der Waals surface area contributed by atoms with Gasteiger partial charge in [-0.05, 0) is 17.7 Å². The lowest BCUT2D eigenvalue weighted by Gasteiger charge is -2.25. The molecule has 1 nitrogen and oxygen atoms in total. The Morgan fingerprint density at radius 1 is 1.14 bits per heavy atom. The molecule has 2 aliphatic rings. The van der Waals surface area contributed by atoms with Crippen LogP contribution in [0.2, 0.25) is 0 Å². The van der Waals surface area contributed by atoms with Gasteiger partial charge in [-0.2, -0.15) is 0 Å². The fourth-order valence-electron chi connectivity index (χ4n) is 2.45. The van der Waals surface area contributed by atoms with Crippen LogP contribution in [0.1, 0.15) is 18.4 Å². The fraction of sp³-hybridized carbons (Fsp3) is 0.231. The zero-order chi connectivity index (χ0) is 9.54. The molecule has 1 aromatic rings. The zero-order valence-electron chi connectivity index (χ0n) is 8.22. The number of rotatable bonds is 0. The minimum Gasteiger partial charge on any atom is -0.340 e. The third-order valence-corrected chi connectivity index (χ3v) is 3.21. The van der Waals surface area contributed by atoms with Crippen LogP contribution in [-0.2, 0) is 0 Å². The van der Waals surface area contributed by atoms with E-state index in [4.69, 9.17) is 0 Å². The smallest absolute Gasteiger partial charge is 0.0586 e. The van der Waals surface area contributed by atoms with Gasteiger partial charge in [0.25, 0.3) is 0 Å². The lowest BCUT2D eigenvalue weighted by molar-refractivity contribution is 0.689. The molecule has 0 saturated heterocycles. The molecule has 0 spiro atoms. The molecule has 14 heavy (non-hydrogen) atoms. The predicted molar refractivity (Wildman–Crippen MR) is 59.4 cm³/mol. The molecular formula is C13H13N. The first kappa shape index (κ1) is 7.86. The monoisotopic (exact) mass is 183 g/mol. The Hall–Kier alpha value is -1.50. The molecule has 0 amide bonds. The molecule has 0 bridgehead atoms. The van der Waals surface area contributed by atoms with Crippen molar-refractivity contribution in [3.05, 3.63) is 54.3 Å². The number of fused-ring (bicyclic) bond motifs is 3. The van der Waals surface area contributed by atoms with Crippen molar-refractivity contribution < 1.29 is 0 Å². The summed E-state index contributed by atoms with van der Waals surface area (Å²) in [6.45, 7) is 2.30. The second kappa shape index (κ2) is 2.74. The molecule has 3 rings (SSSR count). The van der Waals surface area contributed by atoms with Crippen molar-refractivity contribution in [2.75, 3.05) is 4.90 Å². The summed E-state index contributed by atoms with van der Waals surface area (Å²) >= 11 is 0. The van der Waals surface area contributed by atoms with E-state index in [9.17, 15) is 0 Å². The lowest BCUT2D eigenvalue weighted by atomic mass is 9.96. The molecule has 0 aliphatic carbocycles. The van der Waals surface area contributed by atoms with Crippen LogP contribution in [0.15, 0.2) is 48.7 Å². The maximum Gasteiger partial charge on any atom is 0.0586 e. The fourth-order valence-corrected chi connectivity index (χ4v) is 2.45. The third kappa shape index (κ3) is 0.897. The van der Waals surface area contributed by atoms with Crippen LogP contribution < -0.4 is 4.90 Å². The first-order valence-electron chi connectivity index (χ1n) is 5.10. The van der Waals surface area contributed by atoms with Crippen molar-refractivity contribution >= 4 is 5.69 Å². The van der Waals surface area contributed by atoms with Gasteiger partial charge in [-0.3, -0.25) is 0 Å². The van der Waals surface area contributed by atoms with Crippen LogP contribution in [0.3, 0.4) is 0 Å². The number of benzene rings is 1. The van der Waals surface area contributed by atoms with Crippen molar-refractivity contribution in [3.8, 4) is 0 Å². The van der Waals surface area contributed by atoms with E-state index in [1.165, 1.54) is 11.3 Å². The van der Waals surface area contributed by atoms with E-state index in [-0.39, 0.29) is 0 Å². The lowest BCUT2D eigenvalue weighted by Crippen LogP contribution is -2.27. The van der Waals surface area contributed by atoms with Gasteiger partial charge in [0.15, 0.2) is 0 Å². The topological polar surface area (TPSA) is 3.24 Å². The standard InChI is InChI=1S/C13H13N/c1-10-11-6-2-3-8-13(11)14-9-5-4-7-12(10)14/h2-10,12H,1H3. The van der Waals surface area contributed by atoms with E-state index in [0.717, 1.165) is 0 Å². The number of hydrogen-bond donors (Lipinski definition) is 0. The average molecular weight is 183 g/mol. The van der Waals surface area contributed by atoms with Crippen LogP contribution in [-0.4, -0.2) is 6.04 Å². The SMILES string of the molecule is CC1c2ccccc2N2C=CC=CC12. The molecule has 70 valence electrons. The summed E-state index contributed by atoms with van der Waals surface area (Å²) in [5.41, 5.74) is 2.83. The molecule has 0 aromatic heterocycles. The minimum absolute atomic E-state index is 0.525. The highest BCUT2D eigenvalue weighted by Gasteiger charge is 2.32. The summed E-state index contributed by atoms with van der Waals surface area (Å²) in [6.07, 6.45) is 8.70. The van der Waals surface area contributed by atoms with Gasteiger partial charge in [-0.25, -0.2) is 0 Å². The van der Waals surface area contributed by atoms with Crippen molar-refractivity contribution in [1.82, 2.24) is 0 Å². The average Bonchev–Trinajstić information content (AvgIpc) is 2.55. The first-order valence-corrected chi connectivity index (χ1v) is 5.10. The summed E-state index contributed by atoms with van der Waals surface area (Å²) in [5.74, 6) is 0.604. The summed E-state index contributed by atoms with van der Waals surface area (Å²) in [6, 6.07) is 9.20. The molecule has 2 heterocycles. The van der Waals surface area contributed by atoms with Gasteiger partial charge in [0.05, 0.1) is 6.04 Å². The normalized spacial score (nSPS) is 27.6. The minimum atomic E-state index is 0.525. The molecule has 0 radical (unpaired) electrons. The Bertz CT molecular complexity index is 417.